The summed E-state index contributed by atoms with van der Waals surface area (Å²) in [4.78, 5) is 19.7. The minimum Gasteiger partial charge on any atom is -0.294 e. The molecule has 0 aromatic carbocycles. The molecule has 4 heterocycles. The third-order valence-corrected chi connectivity index (χ3v) is 4.54. The predicted octanol–water partition coefficient (Wildman–Crippen LogP) is 3.15. The van der Waals surface area contributed by atoms with Crippen molar-refractivity contribution in [3.05, 3.63) is 71.0 Å². The highest BCUT2D eigenvalue weighted by molar-refractivity contribution is 6.31. The highest BCUT2D eigenvalue weighted by atomic mass is 35.5. The van der Waals surface area contributed by atoms with Crippen molar-refractivity contribution in [2.24, 2.45) is 0 Å². The summed E-state index contributed by atoms with van der Waals surface area (Å²) in [5, 5.41) is 0.715. The van der Waals surface area contributed by atoms with Gasteiger partial charge in [0.2, 0.25) is 0 Å². The van der Waals surface area contributed by atoms with E-state index in [9.17, 15) is 0 Å². The van der Waals surface area contributed by atoms with Crippen LogP contribution in [0.2, 0.25) is 5.02 Å². The standard InChI is InChI=1S/C18H16ClN5/c19-16-10-21-7-3-14(16)11-24-8-4-17-15(12-24)9-22-18(23-17)13-1-5-20-6-2-13/h1-3,5-7,9-10H,4,8,11-12H2. The molecule has 0 radical (unpaired) electrons. The normalized spacial score (nSPS) is 14.4. The van der Waals surface area contributed by atoms with Crippen molar-refractivity contribution in [2.75, 3.05) is 6.54 Å². The molecule has 0 N–H and O–H groups in total. The molecule has 0 bridgehead atoms. The van der Waals surface area contributed by atoms with Crippen LogP contribution in [0.1, 0.15) is 16.8 Å². The zero-order chi connectivity index (χ0) is 16.4. The highest BCUT2D eigenvalue weighted by Crippen LogP contribution is 2.23. The molecule has 0 atom stereocenters. The Morgan fingerprint density at radius 2 is 1.88 bits per heavy atom. The van der Waals surface area contributed by atoms with Gasteiger partial charge in [-0.3, -0.25) is 14.9 Å². The lowest BCUT2D eigenvalue weighted by Crippen LogP contribution is -2.31. The topological polar surface area (TPSA) is 54.8 Å². The molecule has 1 aliphatic heterocycles. The maximum atomic E-state index is 6.21. The largest absolute Gasteiger partial charge is 0.294 e. The molecule has 4 rings (SSSR count). The van der Waals surface area contributed by atoms with Crippen LogP contribution in [0, 0.1) is 0 Å². The van der Waals surface area contributed by atoms with Gasteiger partial charge in [-0.2, -0.15) is 0 Å². The Morgan fingerprint density at radius 3 is 2.71 bits per heavy atom. The molecule has 120 valence electrons. The fourth-order valence-electron chi connectivity index (χ4n) is 2.92. The molecular weight excluding hydrogens is 322 g/mol. The number of hydrogen-bond acceptors (Lipinski definition) is 5. The summed E-state index contributed by atoms with van der Waals surface area (Å²) in [7, 11) is 0. The maximum absolute atomic E-state index is 6.21. The monoisotopic (exact) mass is 337 g/mol. The molecule has 0 unspecified atom stereocenters. The van der Waals surface area contributed by atoms with Crippen molar-refractivity contribution < 1.29 is 0 Å². The summed E-state index contributed by atoms with van der Waals surface area (Å²) in [6.45, 7) is 2.61. The first-order valence-electron chi connectivity index (χ1n) is 7.85. The fraction of sp³-hybridized carbons (Fsp3) is 0.222. The van der Waals surface area contributed by atoms with E-state index in [-0.39, 0.29) is 0 Å². The summed E-state index contributed by atoms with van der Waals surface area (Å²) in [5.41, 5.74) is 4.42. The van der Waals surface area contributed by atoms with Gasteiger partial charge in [-0.1, -0.05) is 11.6 Å². The third-order valence-electron chi connectivity index (χ3n) is 4.20. The summed E-state index contributed by atoms with van der Waals surface area (Å²) in [6, 6.07) is 5.84. The van der Waals surface area contributed by atoms with Gasteiger partial charge in [0, 0.05) is 68.2 Å². The summed E-state index contributed by atoms with van der Waals surface area (Å²) in [5.74, 6) is 0.766. The van der Waals surface area contributed by atoms with Gasteiger partial charge in [-0.15, -0.1) is 0 Å². The second-order valence-corrected chi connectivity index (χ2v) is 6.24. The van der Waals surface area contributed by atoms with Crippen LogP contribution >= 0.6 is 11.6 Å². The first-order chi connectivity index (χ1) is 11.8. The SMILES string of the molecule is Clc1cnccc1CN1CCc2nc(-c3ccncc3)ncc2C1. The minimum atomic E-state index is 0.715. The van der Waals surface area contributed by atoms with E-state index in [1.54, 1.807) is 24.8 Å². The number of hydrogen-bond donors (Lipinski definition) is 0. The molecular formula is C18H16ClN5. The van der Waals surface area contributed by atoms with Gasteiger partial charge in [0.25, 0.3) is 0 Å². The van der Waals surface area contributed by atoms with E-state index in [2.05, 4.69) is 19.9 Å². The van der Waals surface area contributed by atoms with Crippen molar-refractivity contribution in [1.82, 2.24) is 24.8 Å². The lowest BCUT2D eigenvalue weighted by molar-refractivity contribution is 0.243. The Labute approximate surface area is 145 Å². The zero-order valence-electron chi connectivity index (χ0n) is 13.1. The molecule has 0 saturated carbocycles. The van der Waals surface area contributed by atoms with Gasteiger partial charge in [0.1, 0.15) is 0 Å². The maximum Gasteiger partial charge on any atom is 0.159 e. The van der Waals surface area contributed by atoms with Crippen molar-refractivity contribution >= 4 is 11.6 Å². The second-order valence-electron chi connectivity index (χ2n) is 5.83. The highest BCUT2D eigenvalue weighted by Gasteiger charge is 2.19. The molecule has 0 amide bonds. The quantitative estimate of drug-likeness (QED) is 0.735. The van der Waals surface area contributed by atoms with Crippen LogP contribution in [0.15, 0.2) is 49.2 Å². The Balaban J connectivity index is 1.53. The average molecular weight is 338 g/mol. The number of rotatable bonds is 3. The van der Waals surface area contributed by atoms with Crippen LogP contribution in [0.25, 0.3) is 11.4 Å². The van der Waals surface area contributed by atoms with Crippen LogP contribution in [-0.4, -0.2) is 31.4 Å². The Kier molecular flexibility index (Phi) is 4.19. The van der Waals surface area contributed by atoms with Crippen molar-refractivity contribution in [3.63, 3.8) is 0 Å². The van der Waals surface area contributed by atoms with Crippen LogP contribution in [0.5, 0.6) is 0 Å². The van der Waals surface area contributed by atoms with E-state index in [1.807, 2.05) is 24.4 Å². The first-order valence-corrected chi connectivity index (χ1v) is 8.23. The number of nitrogens with zero attached hydrogens (tertiary/aromatic N) is 5. The second kappa shape index (κ2) is 6.63. The van der Waals surface area contributed by atoms with Gasteiger partial charge in [0.15, 0.2) is 5.82 Å². The lowest BCUT2D eigenvalue weighted by Gasteiger charge is -2.28. The molecule has 5 nitrogen and oxygen atoms in total. The van der Waals surface area contributed by atoms with Gasteiger partial charge in [-0.25, -0.2) is 9.97 Å². The van der Waals surface area contributed by atoms with E-state index in [1.165, 1.54) is 5.56 Å². The van der Waals surface area contributed by atoms with E-state index < -0.39 is 0 Å². The van der Waals surface area contributed by atoms with Crippen molar-refractivity contribution in [2.45, 2.75) is 19.5 Å². The lowest BCUT2D eigenvalue weighted by atomic mass is 10.1. The van der Waals surface area contributed by atoms with E-state index in [0.717, 1.165) is 48.7 Å². The Hall–Kier alpha value is -2.37. The number of halogens is 1. The molecule has 0 spiro atoms. The van der Waals surface area contributed by atoms with E-state index in [0.29, 0.717) is 5.02 Å². The zero-order valence-corrected chi connectivity index (χ0v) is 13.8. The number of pyridine rings is 2. The first kappa shape index (κ1) is 15.2. The van der Waals surface area contributed by atoms with Gasteiger partial charge in [0.05, 0.1) is 10.7 Å². The fourth-order valence-corrected chi connectivity index (χ4v) is 3.10. The van der Waals surface area contributed by atoms with E-state index in [4.69, 9.17) is 16.6 Å². The molecule has 0 saturated heterocycles. The van der Waals surface area contributed by atoms with Crippen molar-refractivity contribution in [3.8, 4) is 11.4 Å². The van der Waals surface area contributed by atoms with Crippen LogP contribution in [0.4, 0.5) is 0 Å². The molecule has 3 aromatic heterocycles. The average Bonchev–Trinajstić information content (AvgIpc) is 2.64. The minimum absolute atomic E-state index is 0.715. The van der Waals surface area contributed by atoms with Gasteiger partial charge < -0.3 is 0 Å². The molecule has 1 aliphatic rings. The number of fused-ring (bicyclic) bond motifs is 1. The molecule has 0 fully saturated rings. The van der Waals surface area contributed by atoms with Gasteiger partial charge >= 0.3 is 0 Å². The van der Waals surface area contributed by atoms with E-state index >= 15 is 0 Å². The smallest absolute Gasteiger partial charge is 0.159 e. The third kappa shape index (κ3) is 3.13. The Bertz CT molecular complexity index is 853. The molecule has 0 aliphatic carbocycles. The van der Waals surface area contributed by atoms with Crippen LogP contribution in [0.3, 0.4) is 0 Å². The summed E-state index contributed by atoms with van der Waals surface area (Å²) < 4.78 is 0. The Morgan fingerprint density at radius 1 is 1.04 bits per heavy atom. The molecule has 24 heavy (non-hydrogen) atoms. The van der Waals surface area contributed by atoms with Crippen molar-refractivity contribution in [1.29, 1.82) is 0 Å². The molecule has 3 aromatic rings. The van der Waals surface area contributed by atoms with Gasteiger partial charge in [-0.05, 0) is 23.8 Å². The molecule has 6 heteroatoms. The predicted molar refractivity (Wildman–Crippen MR) is 92.3 cm³/mol. The summed E-state index contributed by atoms with van der Waals surface area (Å²) in [6.07, 6.45) is 9.86. The van der Waals surface area contributed by atoms with Crippen LogP contribution < -0.4 is 0 Å². The van der Waals surface area contributed by atoms with Crippen LogP contribution in [-0.2, 0) is 19.5 Å². The number of aromatic nitrogens is 4. The summed E-state index contributed by atoms with van der Waals surface area (Å²) >= 11 is 6.21.